The van der Waals surface area contributed by atoms with E-state index in [0.717, 1.165) is 11.3 Å². The Morgan fingerprint density at radius 1 is 1.05 bits per heavy atom. The number of benzene rings is 1. The highest BCUT2D eigenvalue weighted by Gasteiger charge is 1.95. The van der Waals surface area contributed by atoms with Crippen molar-refractivity contribution in [2.45, 2.75) is 13.8 Å². The predicted octanol–water partition coefficient (Wildman–Crippen LogP) is 3.65. The zero-order chi connectivity index (χ0) is 14.4. The molecule has 20 heavy (non-hydrogen) atoms. The van der Waals surface area contributed by atoms with Gasteiger partial charge < -0.3 is 4.90 Å². The molecule has 0 radical (unpaired) electrons. The Labute approximate surface area is 119 Å². The topological polar surface area (TPSA) is 40.9 Å². The molecule has 0 fully saturated rings. The fourth-order valence-electron chi connectivity index (χ4n) is 1.71. The molecule has 0 unspecified atom stereocenters. The van der Waals surface area contributed by atoms with Gasteiger partial charge in [0.2, 0.25) is 0 Å². The monoisotopic (exact) mass is 266 g/mol. The highest BCUT2D eigenvalue weighted by molar-refractivity contribution is 5.78. The van der Waals surface area contributed by atoms with Gasteiger partial charge in [-0.1, -0.05) is 23.8 Å². The predicted molar refractivity (Wildman–Crippen MR) is 84.2 cm³/mol. The molecule has 1 aromatic carbocycles. The molecule has 0 amide bonds. The molecule has 2 rings (SSSR count). The number of nitrogens with zero attached hydrogens (tertiary/aromatic N) is 4. The molecule has 4 nitrogen and oxygen atoms in total. The maximum atomic E-state index is 4.45. The van der Waals surface area contributed by atoms with Gasteiger partial charge in [-0.25, -0.2) is 15.0 Å². The van der Waals surface area contributed by atoms with Crippen molar-refractivity contribution in [3.8, 4) is 0 Å². The Kier molecular flexibility index (Phi) is 4.60. The van der Waals surface area contributed by atoms with Crippen LogP contribution in [0.5, 0.6) is 0 Å². The lowest BCUT2D eigenvalue weighted by Gasteiger charge is -2.06. The molecule has 0 aliphatic heterocycles. The van der Waals surface area contributed by atoms with Crippen molar-refractivity contribution in [1.29, 1.82) is 0 Å². The van der Waals surface area contributed by atoms with Crippen LogP contribution in [-0.4, -0.2) is 29.6 Å². The molecule has 0 aliphatic rings. The minimum Gasteiger partial charge on any atom is -0.326 e. The molecular formula is C16H18N4. The Balaban J connectivity index is 2.02. The van der Waals surface area contributed by atoms with Crippen molar-refractivity contribution in [3.05, 3.63) is 53.7 Å². The van der Waals surface area contributed by atoms with Gasteiger partial charge in [-0.3, -0.25) is 0 Å². The lowest BCUT2D eigenvalue weighted by Crippen LogP contribution is -2.12. The average Bonchev–Trinajstić information content (AvgIpc) is 2.45. The summed E-state index contributed by atoms with van der Waals surface area (Å²) < 4.78 is 0. The Morgan fingerprint density at radius 3 is 2.55 bits per heavy atom. The average molecular weight is 266 g/mol. The first-order chi connectivity index (χ1) is 9.65. The van der Waals surface area contributed by atoms with Gasteiger partial charge in [0.15, 0.2) is 5.82 Å². The lowest BCUT2D eigenvalue weighted by atomic mass is 10.1. The van der Waals surface area contributed by atoms with Crippen LogP contribution in [-0.2, 0) is 0 Å². The summed E-state index contributed by atoms with van der Waals surface area (Å²) in [4.78, 5) is 14.6. The third-order valence-corrected chi connectivity index (χ3v) is 2.75. The highest BCUT2D eigenvalue weighted by Crippen LogP contribution is 2.18. The van der Waals surface area contributed by atoms with Crippen molar-refractivity contribution in [1.82, 2.24) is 9.88 Å². The summed E-state index contributed by atoms with van der Waals surface area (Å²) in [5.41, 5.74) is 3.37. The number of aromatic nitrogens is 1. The minimum absolute atomic E-state index is 0.680. The maximum Gasteiger partial charge on any atom is 0.153 e. The van der Waals surface area contributed by atoms with Gasteiger partial charge in [-0.05, 0) is 37.6 Å². The molecule has 0 saturated heterocycles. The Hall–Kier alpha value is -2.49. The van der Waals surface area contributed by atoms with Gasteiger partial charge in [0, 0.05) is 13.2 Å². The van der Waals surface area contributed by atoms with E-state index in [1.54, 1.807) is 23.8 Å². The van der Waals surface area contributed by atoms with Crippen molar-refractivity contribution in [2.24, 2.45) is 9.98 Å². The fourth-order valence-corrected chi connectivity index (χ4v) is 1.71. The van der Waals surface area contributed by atoms with Crippen molar-refractivity contribution < 1.29 is 0 Å². The third kappa shape index (κ3) is 4.02. The molecule has 0 saturated carbocycles. The summed E-state index contributed by atoms with van der Waals surface area (Å²) >= 11 is 0. The first-order valence-corrected chi connectivity index (χ1v) is 6.44. The molecule has 1 heterocycles. The molecule has 0 aliphatic carbocycles. The van der Waals surface area contributed by atoms with Crippen molar-refractivity contribution >= 4 is 24.2 Å². The van der Waals surface area contributed by atoms with E-state index < -0.39 is 0 Å². The van der Waals surface area contributed by atoms with Crippen LogP contribution >= 0.6 is 0 Å². The smallest absolute Gasteiger partial charge is 0.153 e. The van der Waals surface area contributed by atoms with Crippen LogP contribution in [0.1, 0.15) is 11.1 Å². The van der Waals surface area contributed by atoms with Crippen molar-refractivity contribution in [3.63, 3.8) is 0 Å². The summed E-state index contributed by atoms with van der Waals surface area (Å²) in [6.45, 7) is 4.13. The molecule has 0 spiro atoms. The zero-order valence-corrected chi connectivity index (χ0v) is 12.0. The van der Waals surface area contributed by atoms with E-state index in [9.17, 15) is 0 Å². The second-order valence-electron chi connectivity index (χ2n) is 4.63. The Morgan fingerprint density at radius 2 is 1.85 bits per heavy atom. The van der Waals surface area contributed by atoms with Crippen LogP contribution in [0.4, 0.5) is 11.5 Å². The number of pyridine rings is 1. The molecule has 102 valence electrons. The van der Waals surface area contributed by atoms with E-state index in [1.165, 1.54) is 5.56 Å². The standard InChI is InChI=1S/C16H18N4/c1-13-7-8-15(14(2)10-13)18-11-20(3)12-19-16-6-4-5-9-17-16/h4-12H,1-3H3. The van der Waals surface area contributed by atoms with Crippen LogP contribution in [0.2, 0.25) is 0 Å². The molecule has 2 aromatic rings. The second-order valence-corrected chi connectivity index (χ2v) is 4.63. The van der Waals surface area contributed by atoms with Gasteiger partial charge in [-0.15, -0.1) is 0 Å². The van der Waals surface area contributed by atoms with E-state index in [2.05, 4.69) is 40.9 Å². The normalized spacial score (nSPS) is 11.3. The molecule has 0 N–H and O–H groups in total. The first-order valence-electron chi connectivity index (χ1n) is 6.44. The summed E-state index contributed by atoms with van der Waals surface area (Å²) in [5, 5.41) is 0. The molecule has 4 heteroatoms. The van der Waals surface area contributed by atoms with E-state index in [0.29, 0.717) is 5.82 Å². The summed E-state index contributed by atoms with van der Waals surface area (Å²) in [7, 11) is 1.89. The number of rotatable bonds is 4. The van der Waals surface area contributed by atoms with E-state index in [1.807, 2.05) is 31.3 Å². The van der Waals surface area contributed by atoms with Gasteiger partial charge in [-0.2, -0.15) is 0 Å². The minimum atomic E-state index is 0.680. The third-order valence-electron chi connectivity index (χ3n) is 2.75. The van der Waals surface area contributed by atoms with Gasteiger partial charge >= 0.3 is 0 Å². The van der Waals surface area contributed by atoms with Crippen LogP contribution in [0, 0.1) is 13.8 Å². The maximum absolute atomic E-state index is 4.45. The fraction of sp³-hybridized carbons (Fsp3) is 0.188. The van der Waals surface area contributed by atoms with Crippen LogP contribution < -0.4 is 0 Å². The largest absolute Gasteiger partial charge is 0.326 e. The summed E-state index contributed by atoms with van der Waals surface area (Å²) in [6, 6.07) is 11.8. The van der Waals surface area contributed by atoms with E-state index >= 15 is 0 Å². The first kappa shape index (κ1) is 13.9. The highest BCUT2D eigenvalue weighted by atomic mass is 15.2. The second kappa shape index (κ2) is 6.61. The van der Waals surface area contributed by atoms with Gasteiger partial charge in [0.25, 0.3) is 0 Å². The molecule has 0 bridgehead atoms. The van der Waals surface area contributed by atoms with E-state index in [-0.39, 0.29) is 0 Å². The number of aryl methyl sites for hydroxylation is 2. The SMILES string of the molecule is Cc1ccc(N=CN(C)C=Nc2ccccn2)c(C)c1. The number of aliphatic imine (C=N–C) groups is 2. The van der Waals surface area contributed by atoms with Crippen LogP contribution in [0.25, 0.3) is 0 Å². The number of hydrogen-bond donors (Lipinski definition) is 0. The van der Waals surface area contributed by atoms with E-state index in [4.69, 9.17) is 0 Å². The molecule has 0 atom stereocenters. The quantitative estimate of drug-likeness (QED) is 0.626. The summed E-state index contributed by atoms with van der Waals surface area (Å²) in [5.74, 6) is 0.680. The van der Waals surface area contributed by atoms with Crippen LogP contribution in [0.15, 0.2) is 52.6 Å². The molecular weight excluding hydrogens is 248 g/mol. The molecule has 1 aromatic heterocycles. The van der Waals surface area contributed by atoms with Crippen LogP contribution in [0.3, 0.4) is 0 Å². The lowest BCUT2D eigenvalue weighted by molar-refractivity contribution is 0.801. The zero-order valence-electron chi connectivity index (χ0n) is 12.0. The van der Waals surface area contributed by atoms with Gasteiger partial charge in [0.1, 0.15) is 0 Å². The Bertz CT molecular complexity index is 618. The van der Waals surface area contributed by atoms with Crippen molar-refractivity contribution in [2.75, 3.05) is 7.05 Å². The number of hydrogen-bond acceptors (Lipinski definition) is 3. The van der Waals surface area contributed by atoms with Gasteiger partial charge in [0.05, 0.1) is 18.4 Å². The summed E-state index contributed by atoms with van der Waals surface area (Å²) in [6.07, 6.45) is 5.15.